The van der Waals surface area contributed by atoms with Crippen molar-refractivity contribution in [3.8, 4) is 0 Å². The smallest absolute Gasteiger partial charge is 0.354 e. The Balaban J connectivity index is 2.24. The highest BCUT2D eigenvalue weighted by atomic mass is 16.4. The second-order valence-electron chi connectivity index (χ2n) is 4.76. The number of hydrogen-bond donors (Lipinski definition) is 2. The van der Waals surface area contributed by atoms with Crippen molar-refractivity contribution in [1.29, 1.82) is 0 Å². The molecule has 0 atom stereocenters. The molecule has 1 aromatic rings. The number of rotatable bonds is 9. The summed E-state index contributed by atoms with van der Waals surface area (Å²) in [5, 5.41) is 11.5. The van der Waals surface area contributed by atoms with E-state index in [0.29, 0.717) is 12.1 Å². The van der Waals surface area contributed by atoms with E-state index < -0.39 is 5.97 Å². The van der Waals surface area contributed by atoms with Gasteiger partial charge in [-0.2, -0.15) is 0 Å². The molecule has 0 aromatic carbocycles. The van der Waals surface area contributed by atoms with Crippen molar-refractivity contribution in [2.24, 2.45) is 0 Å². The van der Waals surface area contributed by atoms with Gasteiger partial charge < -0.3 is 10.4 Å². The van der Waals surface area contributed by atoms with Gasteiger partial charge in [0.25, 0.3) is 5.91 Å². The van der Waals surface area contributed by atoms with Crippen molar-refractivity contribution in [1.82, 2.24) is 10.3 Å². The Bertz CT molecular complexity index is 429. The molecular formula is C15H22N2O3. The Labute approximate surface area is 119 Å². The number of amides is 1. The Morgan fingerprint density at radius 3 is 2.45 bits per heavy atom. The molecule has 0 unspecified atom stereocenters. The van der Waals surface area contributed by atoms with Crippen molar-refractivity contribution in [2.75, 3.05) is 6.54 Å². The second-order valence-corrected chi connectivity index (χ2v) is 4.76. The topological polar surface area (TPSA) is 79.3 Å². The number of carbonyl (C=O) groups excluding carboxylic acids is 1. The summed E-state index contributed by atoms with van der Waals surface area (Å²) < 4.78 is 0. The van der Waals surface area contributed by atoms with Crippen LogP contribution in [0.25, 0.3) is 0 Å². The molecule has 0 bridgehead atoms. The monoisotopic (exact) mass is 278 g/mol. The summed E-state index contributed by atoms with van der Waals surface area (Å²) in [6, 6.07) is 2.81. The number of carbonyl (C=O) groups is 2. The zero-order valence-electron chi connectivity index (χ0n) is 11.9. The first-order chi connectivity index (χ1) is 9.65. The van der Waals surface area contributed by atoms with Gasteiger partial charge >= 0.3 is 5.97 Å². The minimum Gasteiger partial charge on any atom is -0.477 e. The fourth-order valence-corrected chi connectivity index (χ4v) is 1.86. The predicted molar refractivity (Wildman–Crippen MR) is 76.9 cm³/mol. The van der Waals surface area contributed by atoms with Crippen LogP contribution in [-0.4, -0.2) is 28.5 Å². The molecule has 1 amide bonds. The zero-order chi connectivity index (χ0) is 14.8. The zero-order valence-corrected chi connectivity index (χ0v) is 11.9. The third-order valence-electron chi connectivity index (χ3n) is 3.06. The molecule has 0 aliphatic heterocycles. The number of pyridine rings is 1. The maximum Gasteiger partial charge on any atom is 0.354 e. The summed E-state index contributed by atoms with van der Waals surface area (Å²) in [7, 11) is 0. The maximum absolute atomic E-state index is 11.8. The molecule has 0 spiro atoms. The Morgan fingerprint density at radius 1 is 1.15 bits per heavy atom. The first kappa shape index (κ1) is 16.1. The number of nitrogens with one attached hydrogen (secondary N) is 1. The van der Waals surface area contributed by atoms with E-state index in [9.17, 15) is 9.59 Å². The van der Waals surface area contributed by atoms with Crippen LogP contribution in [0.3, 0.4) is 0 Å². The van der Waals surface area contributed by atoms with Crippen molar-refractivity contribution >= 4 is 11.9 Å². The molecule has 0 radical (unpaired) electrons. The van der Waals surface area contributed by atoms with Crippen molar-refractivity contribution in [3.05, 3.63) is 29.6 Å². The Kier molecular flexibility index (Phi) is 7.32. The van der Waals surface area contributed by atoms with Crippen molar-refractivity contribution < 1.29 is 14.7 Å². The quantitative estimate of drug-likeness (QED) is 0.681. The standard InChI is InChI=1S/C15H22N2O3/c1-2-3-4-5-6-7-10-16-14(18)12-8-9-13(15(19)20)17-11-12/h8-9,11H,2-7,10H2,1H3,(H,16,18)(H,19,20). The van der Waals surface area contributed by atoms with Crippen LogP contribution in [0.2, 0.25) is 0 Å². The van der Waals surface area contributed by atoms with Crippen LogP contribution in [-0.2, 0) is 0 Å². The molecule has 1 heterocycles. The highest BCUT2D eigenvalue weighted by Crippen LogP contribution is 2.05. The molecular weight excluding hydrogens is 256 g/mol. The molecule has 0 aliphatic rings. The third-order valence-corrected chi connectivity index (χ3v) is 3.06. The van der Waals surface area contributed by atoms with E-state index >= 15 is 0 Å². The van der Waals surface area contributed by atoms with Gasteiger partial charge in [0, 0.05) is 12.7 Å². The highest BCUT2D eigenvalue weighted by Gasteiger charge is 2.08. The van der Waals surface area contributed by atoms with Gasteiger partial charge in [-0.15, -0.1) is 0 Å². The van der Waals surface area contributed by atoms with E-state index in [-0.39, 0.29) is 11.6 Å². The summed E-state index contributed by atoms with van der Waals surface area (Å²) in [5.74, 6) is -1.30. The maximum atomic E-state index is 11.8. The van der Waals surface area contributed by atoms with Gasteiger partial charge in [0.15, 0.2) is 0 Å². The number of carboxylic acids is 1. The van der Waals surface area contributed by atoms with Gasteiger partial charge in [-0.3, -0.25) is 4.79 Å². The van der Waals surface area contributed by atoms with Gasteiger partial charge in [-0.1, -0.05) is 39.0 Å². The van der Waals surface area contributed by atoms with E-state index in [2.05, 4.69) is 17.2 Å². The lowest BCUT2D eigenvalue weighted by Crippen LogP contribution is -2.24. The first-order valence-corrected chi connectivity index (χ1v) is 7.12. The minimum atomic E-state index is -1.09. The summed E-state index contributed by atoms with van der Waals surface area (Å²) in [6.45, 7) is 2.83. The third kappa shape index (κ3) is 5.82. The molecule has 1 aromatic heterocycles. The fourth-order valence-electron chi connectivity index (χ4n) is 1.86. The molecule has 0 saturated heterocycles. The normalized spacial score (nSPS) is 10.2. The average Bonchev–Trinajstić information content (AvgIpc) is 2.46. The predicted octanol–water partition coefficient (Wildman–Crippen LogP) is 2.87. The number of unbranched alkanes of at least 4 members (excludes halogenated alkanes) is 5. The van der Waals surface area contributed by atoms with Crippen LogP contribution in [0.4, 0.5) is 0 Å². The SMILES string of the molecule is CCCCCCCCNC(=O)c1ccc(C(=O)O)nc1. The summed E-state index contributed by atoms with van der Waals surface area (Å²) in [4.78, 5) is 26.1. The van der Waals surface area contributed by atoms with Crippen molar-refractivity contribution in [2.45, 2.75) is 45.4 Å². The van der Waals surface area contributed by atoms with E-state index in [1.54, 1.807) is 0 Å². The van der Waals surface area contributed by atoms with Gasteiger partial charge in [-0.05, 0) is 18.6 Å². The van der Waals surface area contributed by atoms with Crippen LogP contribution in [0, 0.1) is 0 Å². The van der Waals surface area contributed by atoms with Crippen LogP contribution in [0.15, 0.2) is 18.3 Å². The molecule has 0 saturated carbocycles. The largest absolute Gasteiger partial charge is 0.477 e. The molecule has 5 nitrogen and oxygen atoms in total. The molecule has 0 fully saturated rings. The van der Waals surface area contributed by atoms with Crippen LogP contribution in [0.5, 0.6) is 0 Å². The molecule has 110 valence electrons. The lowest BCUT2D eigenvalue weighted by atomic mass is 10.1. The van der Waals surface area contributed by atoms with Gasteiger partial charge in [-0.25, -0.2) is 9.78 Å². The van der Waals surface area contributed by atoms with Crippen molar-refractivity contribution in [3.63, 3.8) is 0 Å². The number of carboxylic acid groups (broad SMARTS) is 1. The first-order valence-electron chi connectivity index (χ1n) is 7.12. The van der Waals surface area contributed by atoms with Gasteiger partial charge in [0.2, 0.25) is 0 Å². The lowest BCUT2D eigenvalue weighted by Gasteiger charge is -2.05. The van der Waals surface area contributed by atoms with E-state index in [1.165, 1.54) is 44.0 Å². The van der Waals surface area contributed by atoms with E-state index in [4.69, 9.17) is 5.11 Å². The summed E-state index contributed by atoms with van der Waals surface area (Å²) in [6.07, 6.45) is 8.35. The fraction of sp³-hybridized carbons (Fsp3) is 0.533. The molecule has 5 heteroatoms. The highest BCUT2D eigenvalue weighted by molar-refractivity contribution is 5.94. The second kappa shape index (κ2) is 9.07. The Morgan fingerprint density at radius 2 is 1.85 bits per heavy atom. The van der Waals surface area contributed by atoms with E-state index in [0.717, 1.165) is 12.8 Å². The molecule has 20 heavy (non-hydrogen) atoms. The summed E-state index contributed by atoms with van der Waals surface area (Å²) >= 11 is 0. The number of aromatic carboxylic acids is 1. The van der Waals surface area contributed by atoms with Crippen LogP contribution in [0.1, 0.15) is 66.3 Å². The van der Waals surface area contributed by atoms with Gasteiger partial charge in [0.1, 0.15) is 5.69 Å². The van der Waals surface area contributed by atoms with E-state index in [1.807, 2.05) is 0 Å². The Hall–Kier alpha value is -1.91. The lowest BCUT2D eigenvalue weighted by molar-refractivity contribution is 0.0689. The average molecular weight is 278 g/mol. The number of hydrogen-bond acceptors (Lipinski definition) is 3. The summed E-state index contributed by atoms with van der Waals surface area (Å²) in [5.41, 5.74) is 0.332. The molecule has 0 aliphatic carbocycles. The number of aromatic nitrogens is 1. The minimum absolute atomic E-state index is 0.0579. The number of nitrogens with zero attached hydrogens (tertiary/aromatic N) is 1. The van der Waals surface area contributed by atoms with Gasteiger partial charge in [0.05, 0.1) is 5.56 Å². The molecule has 2 N–H and O–H groups in total. The van der Waals surface area contributed by atoms with Crippen LogP contribution < -0.4 is 5.32 Å². The molecule has 1 rings (SSSR count). The van der Waals surface area contributed by atoms with Crippen LogP contribution >= 0.6 is 0 Å².